The molecule has 1 aliphatic rings. The molecule has 1 aromatic carbocycles. The predicted molar refractivity (Wildman–Crippen MR) is 62.1 cm³/mol. The maximum atomic E-state index is 2.37. The number of hydrogen-bond acceptors (Lipinski definition) is 0. The van der Waals surface area contributed by atoms with E-state index < -0.39 is 0 Å². The highest BCUT2D eigenvalue weighted by atomic mass is 14.2. The number of hydrogen-bond donors (Lipinski definition) is 0. The average molecular weight is 186 g/mol. The average Bonchev–Trinajstić information content (AvgIpc) is 2.19. The molecule has 0 radical (unpaired) electrons. The predicted octanol–water partition coefficient (Wildman–Crippen LogP) is 4.28. The summed E-state index contributed by atoms with van der Waals surface area (Å²) in [6.45, 7) is 2.36. The molecule has 14 heavy (non-hydrogen) atoms. The molecule has 0 bridgehead atoms. The van der Waals surface area contributed by atoms with Gasteiger partial charge in [0.1, 0.15) is 0 Å². The van der Waals surface area contributed by atoms with E-state index in [4.69, 9.17) is 0 Å². The Balaban J connectivity index is 2.10. The van der Waals surface area contributed by atoms with Gasteiger partial charge in [-0.3, -0.25) is 0 Å². The largest absolute Gasteiger partial charge is 0.0694 e. The molecule has 0 spiro atoms. The van der Waals surface area contributed by atoms with E-state index in [-0.39, 0.29) is 0 Å². The van der Waals surface area contributed by atoms with Gasteiger partial charge in [-0.25, -0.2) is 0 Å². The van der Waals surface area contributed by atoms with Crippen molar-refractivity contribution in [3.63, 3.8) is 0 Å². The standard InChI is InChI=1S/C14H18/c1-12-6-5-9-14(10-12)11-13-7-3-2-4-8-13/h2-4,7-8,11-12H,5-6,9-10H2,1H3/b14-11+/t12-/m1/s1. The minimum Gasteiger partial charge on any atom is -0.0694 e. The van der Waals surface area contributed by atoms with Gasteiger partial charge in [0.2, 0.25) is 0 Å². The highest BCUT2D eigenvalue weighted by molar-refractivity contribution is 5.52. The summed E-state index contributed by atoms with van der Waals surface area (Å²) < 4.78 is 0. The molecule has 1 atom stereocenters. The molecule has 0 saturated heterocycles. The van der Waals surface area contributed by atoms with E-state index >= 15 is 0 Å². The van der Waals surface area contributed by atoms with Crippen LogP contribution < -0.4 is 0 Å². The third-order valence-corrected chi connectivity index (χ3v) is 2.98. The Labute approximate surface area is 86.7 Å². The highest BCUT2D eigenvalue weighted by Gasteiger charge is 2.11. The number of benzene rings is 1. The van der Waals surface area contributed by atoms with Gasteiger partial charge in [-0.05, 0) is 30.7 Å². The molecule has 0 N–H and O–H groups in total. The van der Waals surface area contributed by atoms with Crippen LogP contribution >= 0.6 is 0 Å². The number of allylic oxidation sites excluding steroid dienone is 1. The van der Waals surface area contributed by atoms with Crippen LogP contribution in [0.4, 0.5) is 0 Å². The van der Waals surface area contributed by atoms with Crippen LogP contribution in [-0.2, 0) is 0 Å². The first-order chi connectivity index (χ1) is 6.84. The van der Waals surface area contributed by atoms with Crippen molar-refractivity contribution >= 4 is 6.08 Å². The van der Waals surface area contributed by atoms with Crippen LogP contribution in [0.15, 0.2) is 35.9 Å². The zero-order valence-electron chi connectivity index (χ0n) is 8.87. The van der Waals surface area contributed by atoms with Crippen LogP contribution in [-0.4, -0.2) is 0 Å². The molecule has 1 aromatic rings. The zero-order chi connectivity index (χ0) is 9.80. The van der Waals surface area contributed by atoms with Crippen LogP contribution in [0.25, 0.3) is 6.08 Å². The Morgan fingerprint density at radius 2 is 2.00 bits per heavy atom. The minimum absolute atomic E-state index is 0.888. The Hall–Kier alpha value is -1.04. The SMILES string of the molecule is C[C@@H]1CCC/C(=C\c2ccccc2)C1. The summed E-state index contributed by atoms with van der Waals surface area (Å²) in [6.07, 6.45) is 7.76. The monoisotopic (exact) mass is 186 g/mol. The second kappa shape index (κ2) is 4.45. The van der Waals surface area contributed by atoms with Crippen LogP contribution in [0, 0.1) is 5.92 Å². The Morgan fingerprint density at radius 1 is 1.21 bits per heavy atom. The van der Waals surface area contributed by atoms with E-state index in [9.17, 15) is 0 Å². The first-order valence-corrected chi connectivity index (χ1v) is 5.59. The maximum absolute atomic E-state index is 2.37. The van der Waals surface area contributed by atoms with Crippen LogP contribution in [0.3, 0.4) is 0 Å². The van der Waals surface area contributed by atoms with Crippen molar-refractivity contribution in [2.24, 2.45) is 5.92 Å². The molecule has 0 heteroatoms. The van der Waals surface area contributed by atoms with Crippen molar-refractivity contribution in [1.82, 2.24) is 0 Å². The number of rotatable bonds is 1. The van der Waals surface area contributed by atoms with E-state index in [1.807, 2.05) is 0 Å². The summed E-state index contributed by atoms with van der Waals surface area (Å²) in [5.41, 5.74) is 2.99. The first-order valence-electron chi connectivity index (χ1n) is 5.59. The molecule has 0 unspecified atom stereocenters. The van der Waals surface area contributed by atoms with Gasteiger partial charge in [0, 0.05) is 0 Å². The Kier molecular flexibility index (Phi) is 3.03. The molecular weight excluding hydrogens is 168 g/mol. The lowest BCUT2D eigenvalue weighted by atomic mass is 9.86. The first kappa shape index (κ1) is 9.51. The van der Waals surface area contributed by atoms with Crippen LogP contribution in [0.1, 0.15) is 38.2 Å². The molecule has 1 fully saturated rings. The van der Waals surface area contributed by atoms with Gasteiger partial charge >= 0.3 is 0 Å². The van der Waals surface area contributed by atoms with Gasteiger partial charge in [-0.2, -0.15) is 0 Å². The Morgan fingerprint density at radius 3 is 2.71 bits per heavy atom. The van der Waals surface area contributed by atoms with Crippen molar-refractivity contribution < 1.29 is 0 Å². The fourth-order valence-corrected chi connectivity index (χ4v) is 2.25. The summed E-state index contributed by atoms with van der Waals surface area (Å²) in [7, 11) is 0. The van der Waals surface area contributed by atoms with E-state index in [1.165, 1.54) is 31.2 Å². The summed E-state index contributed by atoms with van der Waals surface area (Å²) in [5.74, 6) is 0.888. The molecule has 1 aliphatic carbocycles. The minimum atomic E-state index is 0.888. The summed E-state index contributed by atoms with van der Waals surface area (Å²) >= 11 is 0. The lowest BCUT2D eigenvalue weighted by molar-refractivity contribution is 0.455. The topological polar surface area (TPSA) is 0 Å². The van der Waals surface area contributed by atoms with Crippen molar-refractivity contribution in [2.75, 3.05) is 0 Å². The van der Waals surface area contributed by atoms with Crippen molar-refractivity contribution in [3.8, 4) is 0 Å². The van der Waals surface area contributed by atoms with E-state index in [2.05, 4.69) is 43.3 Å². The molecule has 0 heterocycles. The molecule has 0 amide bonds. The second-order valence-electron chi connectivity index (χ2n) is 4.41. The normalized spacial score (nSPS) is 25.2. The molecule has 0 aromatic heterocycles. The molecule has 2 rings (SSSR count). The van der Waals surface area contributed by atoms with Crippen molar-refractivity contribution in [2.45, 2.75) is 32.6 Å². The molecule has 74 valence electrons. The zero-order valence-corrected chi connectivity index (χ0v) is 8.87. The second-order valence-corrected chi connectivity index (χ2v) is 4.41. The third-order valence-electron chi connectivity index (χ3n) is 2.98. The maximum Gasteiger partial charge on any atom is -0.0257 e. The van der Waals surface area contributed by atoms with Gasteiger partial charge < -0.3 is 0 Å². The van der Waals surface area contributed by atoms with E-state index in [0.29, 0.717) is 0 Å². The molecule has 0 nitrogen and oxygen atoms in total. The van der Waals surface area contributed by atoms with E-state index in [1.54, 1.807) is 5.57 Å². The van der Waals surface area contributed by atoms with Gasteiger partial charge in [0.15, 0.2) is 0 Å². The molecule has 0 aliphatic heterocycles. The lowest BCUT2D eigenvalue weighted by Crippen LogP contribution is -2.03. The van der Waals surface area contributed by atoms with Gasteiger partial charge in [0.25, 0.3) is 0 Å². The van der Waals surface area contributed by atoms with Crippen LogP contribution in [0.2, 0.25) is 0 Å². The highest BCUT2D eigenvalue weighted by Crippen LogP contribution is 2.29. The lowest BCUT2D eigenvalue weighted by Gasteiger charge is -2.20. The van der Waals surface area contributed by atoms with Crippen molar-refractivity contribution in [3.05, 3.63) is 41.5 Å². The van der Waals surface area contributed by atoms with Gasteiger partial charge in [-0.1, -0.05) is 55.3 Å². The Bertz CT molecular complexity index is 308. The van der Waals surface area contributed by atoms with E-state index in [0.717, 1.165) is 5.92 Å². The summed E-state index contributed by atoms with van der Waals surface area (Å²) in [6, 6.07) is 10.7. The third kappa shape index (κ3) is 2.47. The quantitative estimate of drug-likeness (QED) is 0.614. The fourth-order valence-electron chi connectivity index (χ4n) is 2.25. The molecule has 1 saturated carbocycles. The fraction of sp³-hybridized carbons (Fsp3) is 0.429. The van der Waals surface area contributed by atoms with Crippen molar-refractivity contribution in [1.29, 1.82) is 0 Å². The summed E-state index contributed by atoms with van der Waals surface area (Å²) in [5, 5.41) is 0. The molecular formula is C14H18. The van der Waals surface area contributed by atoms with Crippen LogP contribution in [0.5, 0.6) is 0 Å². The van der Waals surface area contributed by atoms with Gasteiger partial charge in [0.05, 0.1) is 0 Å². The van der Waals surface area contributed by atoms with Gasteiger partial charge in [-0.15, -0.1) is 0 Å². The smallest absolute Gasteiger partial charge is 0.0257 e. The summed E-state index contributed by atoms with van der Waals surface area (Å²) in [4.78, 5) is 0.